The molecule has 0 fully saturated rings. The van der Waals surface area contributed by atoms with Crippen molar-refractivity contribution in [1.82, 2.24) is 0 Å². The Kier molecular flexibility index (Phi) is 5.80. The summed E-state index contributed by atoms with van der Waals surface area (Å²) in [5.41, 5.74) is 2.72. The highest BCUT2D eigenvalue weighted by Gasteiger charge is 2.37. The molecule has 0 saturated carbocycles. The number of carbonyl (C=O) groups excluding carboxylic acids is 1. The minimum atomic E-state index is -3.91. The number of sulfonamides is 1. The molecule has 0 saturated heterocycles. The maximum absolute atomic E-state index is 13.5. The van der Waals surface area contributed by atoms with Gasteiger partial charge in [-0.05, 0) is 55.8 Å². The molecular weight excluding hydrogens is 428 g/mol. The van der Waals surface area contributed by atoms with Crippen molar-refractivity contribution in [2.75, 3.05) is 23.3 Å². The monoisotopic (exact) mass is 452 g/mol. The highest BCUT2D eigenvalue weighted by Crippen LogP contribution is 2.38. The number of benzene rings is 3. The number of hydrogen-bond donors (Lipinski definition) is 1. The topological polar surface area (TPSA) is 84.9 Å². The molecule has 4 rings (SSSR count). The van der Waals surface area contributed by atoms with Gasteiger partial charge >= 0.3 is 0 Å². The first-order valence-corrected chi connectivity index (χ1v) is 11.5. The van der Waals surface area contributed by atoms with Crippen LogP contribution in [0.1, 0.15) is 11.1 Å². The number of hydrogen-bond acceptors (Lipinski definition) is 5. The molecule has 1 atom stereocenters. The zero-order chi connectivity index (χ0) is 22.9. The van der Waals surface area contributed by atoms with Crippen LogP contribution in [0, 0.1) is 13.8 Å². The average molecular weight is 453 g/mol. The first-order valence-electron chi connectivity index (χ1n) is 10.1. The standard InChI is InChI=1S/C24H24N2O5S/c1-16-8-11-18(12-9-16)32(28,29)26-15-23(31-22-13-10-17(2)14-20(22)26)24(27)25-19-6-4-5-7-21(19)30-3/h4-14,23H,15H2,1-3H3,(H,25,27). The van der Waals surface area contributed by atoms with E-state index in [1.807, 2.05) is 19.9 Å². The number of carbonyl (C=O) groups is 1. The van der Waals surface area contributed by atoms with E-state index in [-0.39, 0.29) is 11.4 Å². The Balaban J connectivity index is 1.70. The summed E-state index contributed by atoms with van der Waals surface area (Å²) in [6, 6.07) is 18.9. The lowest BCUT2D eigenvalue weighted by molar-refractivity contribution is -0.122. The third kappa shape index (κ3) is 4.13. The molecule has 1 heterocycles. The van der Waals surface area contributed by atoms with Crippen LogP contribution in [-0.4, -0.2) is 34.1 Å². The van der Waals surface area contributed by atoms with Gasteiger partial charge in [0, 0.05) is 0 Å². The quantitative estimate of drug-likeness (QED) is 0.635. The van der Waals surface area contributed by atoms with Gasteiger partial charge in [0.05, 0.1) is 29.9 Å². The molecule has 1 amide bonds. The molecule has 7 nitrogen and oxygen atoms in total. The number of rotatable bonds is 5. The second-order valence-electron chi connectivity index (χ2n) is 7.62. The number of fused-ring (bicyclic) bond motifs is 1. The Bertz CT molecular complexity index is 1260. The number of anilines is 2. The molecule has 1 aliphatic heterocycles. The van der Waals surface area contributed by atoms with E-state index >= 15 is 0 Å². The molecule has 1 aliphatic rings. The van der Waals surface area contributed by atoms with E-state index < -0.39 is 22.0 Å². The number of nitrogens with zero attached hydrogens (tertiary/aromatic N) is 1. The molecule has 0 spiro atoms. The van der Waals surface area contributed by atoms with Gasteiger partial charge in [0.15, 0.2) is 6.10 Å². The van der Waals surface area contributed by atoms with Crippen molar-refractivity contribution < 1.29 is 22.7 Å². The minimum absolute atomic E-state index is 0.154. The summed E-state index contributed by atoms with van der Waals surface area (Å²) in [4.78, 5) is 13.2. The fourth-order valence-electron chi connectivity index (χ4n) is 3.52. The Morgan fingerprint density at radius 3 is 2.44 bits per heavy atom. The van der Waals surface area contributed by atoms with Crippen LogP contribution >= 0.6 is 0 Å². The Hall–Kier alpha value is -3.52. The molecule has 0 bridgehead atoms. The molecule has 8 heteroatoms. The smallest absolute Gasteiger partial charge is 0.267 e. The van der Waals surface area contributed by atoms with Gasteiger partial charge in [-0.3, -0.25) is 9.10 Å². The lowest BCUT2D eigenvalue weighted by Gasteiger charge is -2.35. The average Bonchev–Trinajstić information content (AvgIpc) is 2.79. The lowest BCUT2D eigenvalue weighted by atomic mass is 10.1. The summed E-state index contributed by atoms with van der Waals surface area (Å²) in [5, 5.41) is 2.78. The van der Waals surface area contributed by atoms with E-state index in [4.69, 9.17) is 9.47 Å². The Morgan fingerprint density at radius 2 is 1.72 bits per heavy atom. The number of ether oxygens (including phenoxy) is 2. The second kappa shape index (κ2) is 8.55. The predicted octanol–water partition coefficient (Wildman–Crippen LogP) is 3.91. The summed E-state index contributed by atoms with van der Waals surface area (Å²) in [6.45, 7) is 3.60. The van der Waals surface area contributed by atoms with Gasteiger partial charge in [-0.15, -0.1) is 0 Å². The highest BCUT2D eigenvalue weighted by atomic mass is 32.2. The van der Waals surface area contributed by atoms with Gasteiger partial charge < -0.3 is 14.8 Å². The van der Waals surface area contributed by atoms with Crippen molar-refractivity contribution in [2.45, 2.75) is 24.8 Å². The van der Waals surface area contributed by atoms with Gasteiger partial charge in [-0.1, -0.05) is 35.9 Å². The molecular formula is C24H24N2O5S. The molecule has 0 aromatic heterocycles. The van der Waals surface area contributed by atoms with Crippen LogP contribution in [0.2, 0.25) is 0 Å². The van der Waals surface area contributed by atoms with E-state index in [1.165, 1.54) is 11.4 Å². The number of nitrogens with one attached hydrogen (secondary N) is 1. The summed E-state index contributed by atoms with van der Waals surface area (Å²) in [7, 11) is -2.40. The van der Waals surface area contributed by atoms with Crippen LogP contribution in [0.5, 0.6) is 11.5 Å². The van der Waals surface area contributed by atoms with Gasteiger partial charge in [0.1, 0.15) is 11.5 Å². The lowest BCUT2D eigenvalue weighted by Crippen LogP contribution is -2.48. The van der Waals surface area contributed by atoms with Crippen molar-refractivity contribution in [3.05, 3.63) is 77.9 Å². The van der Waals surface area contributed by atoms with Crippen LogP contribution in [0.25, 0.3) is 0 Å². The molecule has 166 valence electrons. The van der Waals surface area contributed by atoms with Gasteiger partial charge in [0.25, 0.3) is 15.9 Å². The van der Waals surface area contributed by atoms with Crippen molar-refractivity contribution in [1.29, 1.82) is 0 Å². The van der Waals surface area contributed by atoms with E-state index in [9.17, 15) is 13.2 Å². The van der Waals surface area contributed by atoms with Crippen LogP contribution in [-0.2, 0) is 14.8 Å². The summed E-state index contributed by atoms with van der Waals surface area (Å²) < 4.78 is 39.5. The van der Waals surface area contributed by atoms with Crippen LogP contribution in [0.3, 0.4) is 0 Å². The first-order chi connectivity index (χ1) is 15.3. The number of para-hydroxylation sites is 2. The fraction of sp³-hybridized carbons (Fsp3) is 0.208. The van der Waals surface area contributed by atoms with Gasteiger partial charge in [0.2, 0.25) is 0 Å². The number of amides is 1. The maximum atomic E-state index is 13.5. The van der Waals surface area contributed by atoms with Crippen LogP contribution in [0.4, 0.5) is 11.4 Å². The maximum Gasteiger partial charge on any atom is 0.267 e. The zero-order valence-corrected chi connectivity index (χ0v) is 18.8. The van der Waals surface area contributed by atoms with Crippen molar-refractivity contribution >= 4 is 27.3 Å². The summed E-state index contributed by atoms with van der Waals surface area (Å²) >= 11 is 0. The van der Waals surface area contributed by atoms with E-state index in [2.05, 4.69) is 5.32 Å². The third-order valence-electron chi connectivity index (χ3n) is 5.25. The number of aryl methyl sites for hydroxylation is 2. The number of methoxy groups -OCH3 is 1. The Labute approximate surface area is 187 Å². The molecule has 3 aromatic rings. The SMILES string of the molecule is COc1ccccc1NC(=O)C1CN(S(=O)(=O)c2ccc(C)cc2)c2cc(C)ccc2O1. The van der Waals surface area contributed by atoms with E-state index in [1.54, 1.807) is 60.7 Å². The van der Waals surface area contributed by atoms with Crippen molar-refractivity contribution in [3.8, 4) is 11.5 Å². The zero-order valence-electron chi connectivity index (χ0n) is 18.0. The minimum Gasteiger partial charge on any atom is -0.495 e. The van der Waals surface area contributed by atoms with Gasteiger partial charge in [-0.2, -0.15) is 0 Å². The van der Waals surface area contributed by atoms with Crippen LogP contribution < -0.4 is 19.1 Å². The fourth-order valence-corrected chi connectivity index (χ4v) is 4.99. The predicted molar refractivity (Wildman–Crippen MR) is 123 cm³/mol. The first kappa shape index (κ1) is 21.7. The molecule has 1 N–H and O–H groups in total. The van der Waals surface area contributed by atoms with Crippen molar-refractivity contribution in [3.63, 3.8) is 0 Å². The van der Waals surface area contributed by atoms with Gasteiger partial charge in [-0.25, -0.2) is 8.42 Å². The summed E-state index contributed by atoms with van der Waals surface area (Å²) in [6.07, 6.45) is -1.05. The van der Waals surface area contributed by atoms with E-state index in [0.29, 0.717) is 22.9 Å². The largest absolute Gasteiger partial charge is 0.495 e. The Morgan fingerprint density at radius 1 is 1.03 bits per heavy atom. The molecule has 0 aliphatic carbocycles. The molecule has 0 radical (unpaired) electrons. The third-order valence-corrected chi connectivity index (χ3v) is 7.04. The summed E-state index contributed by atoms with van der Waals surface area (Å²) in [5.74, 6) is 0.361. The van der Waals surface area contributed by atoms with Crippen molar-refractivity contribution in [2.24, 2.45) is 0 Å². The molecule has 32 heavy (non-hydrogen) atoms. The van der Waals surface area contributed by atoms with Crippen LogP contribution in [0.15, 0.2) is 71.6 Å². The highest BCUT2D eigenvalue weighted by molar-refractivity contribution is 7.92. The normalized spacial score (nSPS) is 15.5. The molecule has 3 aromatic carbocycles. The molecule has 1 unspecified atom stereocenters. The van der Waals surface area contributed by atoms with E-state index in [0.717, 1.165) is 11.1 Å². The second-order valence-corrected chi connectivity index (χ2v) is 9.48.